The van der Waals surface area contributed by atoms with E-state index in [1.165, 1.54) is 25.7 Å². The Kier molecular flexibility index (Phi) is 1.06. The molecule has 3 atom stereocenters. The van der Waals surface area contributed by atoms with Crippen LogP contribution in [-0.2, 0) is 4.79 Å². The molecule has 0 aromatic rings. The van der Waals surface area contributed by atoms with Gasteiger partial charge < -0.3 is 0 Å². The lowest BCUT2D eigenvalue weighted by atomic mass is 9.77. The molecule has 3 aliphatic carbocycles. The van der Waals surface area contributed by atoms with Gasteiger partial charge in [0.2, 0.25) is 0 Å². The molecule has 0 amide bonds. The van der Waals surface area contributed by atoms with Crippen LogP contribution in [0.1, 0.15) is 45.4 Å². The quantitative estimate of drug-likeness (QED) is 0.537. The zero-order chi connectivity index (χ0) is 8.40. The van der Waals surface area contributed by atoms with E-state index in [9.17, 15) is 4.79 Å². The minimum absolute atomic E-state index is 0.516. The van der Waals surface area contributed by atoms with Crippen LogP contribution in [0, 0.1) is 16.7 Å². The van der Waals surface area contributed by atoms with E-state index >= 15 is 0 Å². The Morgan fingerprint density at radius 3 is 3.08 bits per heavy atom. The zero-order valence-corrected chi connectivity index (χ0v) is 7.73. The van der Waals surface area contributed by atoms with Gasteiger partial charge >= 0.3 is 0 Å². The van der Waals surface area contributed by atoms with Crippen molar-refractivity contribution in [3.63, 3.8) is 0 Å². The normalized spacial score (nSPS) is 56.4. The van der Waals surface area contributed by atoms with Gasteiger partial charge in [-0.2, -0.15) is 0 Å². The number of Topliss-reactive ketones (excluding diaryl/α,β-unsaturated/α-hetero) is 1. The summed E-state index contributed by atoms with van der Waals surface area (Å²) in [6.07, 6.45) is 7.12. The number of carbonyl (C=O) groups is 1. The van der Waals surface area contributed by atoms with E-state index in [0.29, 0.717) is 16.6 Å². The van der Waals surface area contributed by atoms with Crippen molar-refractivity contribution in [1.82, 2.24) is 0 Å². The summed E-state index contributed by atoms with van der Waals surface area (Å²) >= 11 is 0. The summed E-state index contributed by atoms with van der Waals surface area (Å²) in [5.41, 5.74) is 1.11. The monoisotopic (exact) mass is 164 g/mol. The lowest BCUT2D eigenvalue weighted by Gasteiger charge is -2.26. The molecule has 1 spiro atoms. The van der Waals surface area contributed by atoms with Crippen molar-refractivity contribution in [2.45, 2.75) is 45.4 Å². The average Bonchev–Trinajstić information content (AvgIpc) is 2.44. The number of hydrogen-bond donors (Lipinski definition) is 0. The number of hydrogen-bond acceptors (Lipinski definition) is 1. The molecule has 0 heterocycles. The van der Waals surface area contributed by atoms with Crippen LogP contribution in [0.15, 0.2) is 0 Å². The van der Waals surface area contributed by atoms with Crippen LogP contribution in [0.5, 0.6) is 0 Å². The van der Waals surface area contributed by atoms with Gasteiger partial charge in [0.15, 0.2) is 0 Å². The summed E-state index contributed by atoms with van der Waals surface area (Å²) in [6.45, 7) is 2.42. The molecule has 0 N–H and O–H groups in total. The first-order valence-electron chi connectivity index (χ1n) is 5.21. The Hall–Kier alpha value is -0.330. The summed E-state index contributed by atoms with van der Waals surface area (Å²) in [7, 11) is 0. The summed E-state index contributed by atoms with van der Waals surface area (Å²) in [6, 6.07) is 0. The molecule has 0 aromatic carbocycles. The molecular formula is C11H16O. The average molecular weight is 164 g/mol. The molecular weight excluding hydrogens is 148 g/mol. The maximum Gasteiger partial charge on any atom is 0.133 e. The lowest BCUT2D eigenvalue weighted by Crippen LogP contribution is -2.22. The minimum Gasteiger partial charge on any atom is -0.300 e. The molecule has 66 valence electrons. The predicted molar refractivity (Wildman–Crippen MR) is 46.7 cm³/mol. The zero-order valence-electron chi connectivity index (χ0n) is 7.73. The van der Waals surface area contributed by atoms with Gasteiger partial charge in [-0.3, -0.25) is 4.79 Å². The summed E-state index contributed by atoms with van der Waals surface area (Å²) < 4.78 is 0. The van der Waals surface area contributed by atoms with E-state index in [1.807, 2.05) is 0 Å². The van der Waals surface area contributed by atoms with Crippen LogP contribution in [0.25, 0.3) is 0 Å². The lowest BCUT2D eigenvalue weighted by molar-refractivity contribution is -0.122. The summed E-state index contributed by atoms with van der Waals surface area (Å²) in [4.78, 5) is 11.4. The third-order valence-electron chi connectivity index (χ3n) is 5.04. The van der Waals surface area contributed by atoms with Crippen molar-refractivity contribution < 1.29 is 4.79 Å². The van der Waals surface area contributed by atoms with E-state index in [-0.39, 0.29) is 0 Å². The molecule has 1 heteroatoms. The SMILES string of the molecule is C[C@]12CCC(=O)CC13CCCC32. The van der Waals surface area contributed by atoms with E-state index in [1.54, 1.807) is 0 Å². The second-order valence-corrected chi connectivity index (χ2v) is 5.23. The Morgan fingerprint density at radius 1 is 1.42 bits per heavy atom. The fourth-order valence-electron chi connectivity index (χ4n) is 4.30. The number of ketones is 1. The fourth-order valence-corrected chi connectivity index (χ4v) is 4.30. The Balaban J connectivity index is 1.97. The van der Waals surface area contributed by atoms with Gasteiger partial charge in [-0.1, -0.05) is 13.3 Å². The molecule has 3 rings (SSSR count). The molecule has 0 aliphatic heterocycles. The van der Waals surface area contributed by atoms with E-state index < -0.39 is 0 Å². The van der Waals surface area contributed by atoms with Gasteiger partial charge in [-0.15, -0.1) is 0 Å². The van der Waals surface area contributed by atoms with Crippen molar-refractivity contribution in [2.24, 2.45) is 16.7 Å². The Bertz CT molecular complexity index is 258. The third kappa shape index (κ3) is 0.541. The van der Waals surface area contributed by atoms with E-state index in [2.05, 4.69) is 6.92 Å². The predicted octanol–water partition coefficient (Wildman–Crippen LogP) is 2.55. The highest BCUT2D eigenvalue weighted by Crippen LogP contribution is 2.81. The molecule has 0 radical (unpaired) electrons. The highest BCUT2D eigenvalue weighted by Gasteiger charge is 2.75. The maximum atomic E-state index is 11.4. The second-order valence-electron chi connectivity index (χ2n) is 5.23. The summed E-state index contributed by atoms with van der Waals surface area (Å²) in [5.74, 6) is 1.47. The van der Waals surface area contributed by atoms with Gasteiger partial charge in [0, 0.05) is 12.8 Å². The fraction of sp³-hybridized carbons (Fsp3) is 0.909. The van der Waals surface area contributed by atoms with Crippen LogP contribution in [0.4, 0.5) is 0 Å². The van der Waals surface area contributed by atoms with Gasteiger partial charge in [0.05, 0.1) is 0 Å². The van der Waals surface area contributed by atoms with E-state index in [4.69, 9.17) is 0 Å². The third-order valence-corrected chi connectivity index (χ3v) is 5.04. The standard InChI is InChI=1S/C11H16O/c1-10-6-4-8(12)7-11(10)5-2-3-9(10)11/h9H,2-7H2,1H3/t9?,10-,11?/m1/s1. The molecule has 2 unspecified atom stereocenters. The Labute approximate surface area is 73.5 Å². The topological polar surface area (TPSA) is 17.1 Å². The van der Waals surface area contributed by atoms with Crippen LogP contribution in [0.2, 0.25) is 0 Å². The van der Waals surface area contributed by atoms with Crippen LogP contribution >= 0.6 is 0 Å². The van der Waals surface area contributed by atoms with Gasteiger partial charge in [0.1, 0.15) is 5.78 Å². The molecule has 12 heavy (non-hydrogen) atoms. The highest BCUT2D eigenvalue weighted by atomic mass is 16.1. The Morgan fingerprint density at radius 2 is 2.25 bits per heavy atom. The van der Waals surface area contributed by atoms with Crippen molar-refractivity contribution in [3.8, 4) is 0 Å². The molecule has 0 bridgehead atoms. The van der Waals surface area contributed by atoms with Crippen molar-refractivity contribution in [1.29, 1.82) is 0 Å². The molecule has 0 saturated heterocycles. The molecule has 0 aromatic heterocycles. The molecule has 3 aliphatic rings. The maximum absolute atomic E-state index is 11.4. The van der Waals surface area contributed by atoms with Crippen LogP contribution in [-0.4, -0.2) is 5.78 Å². The van der Waals surface area contributed by atoms with Crippen molar-refractivity contribution >= 4 is 5.78 Å². The van der Waals surface area contributed by atoms with Crippen LogP contribution in [0.3, 0.4) is 0 Å². The van der Waals surface area contributed by atoms with Crippen molar-refractivity contribution in [3.05, 3.63) is 0 Å². The van der Waals surface area contributed by atoms with Gasteiger partial charge in [-0.05, 0) is 36.0 Å². The van der Waals surface area contributed by atoms with Crippen molar-refractivity contribution in [2.75, 3.05) is 0 Å². The first-order chi connectivity index (χ1) is 5.69. The first kappa shape index (κ1) is 7.11. The smallest absolute Gasteiger partial charge is 0.133 e. The number of carbonyl (C=O) groups excluding carboxylic acids is 1. The van der Waals surface area contributed by atoms with Gasteiger partial charge in [-0.25, -0.2) is 0 Å². The van der Waals surface area contributed by atoms with Crippen LogP contribution < -0.4 is 0 Å². The molecule has 3 saturated carbocycles. The van der Waals surface area contributed by atoms with Gasteiger partial charge in [0.25, 0.3) is 0 Å². The number of fused-ring (bicyclic) bond motifs is 1. The minimum atomic E-state index is 0.516. The highest BCUT2D eigenvalue weighted by molar-refractivity contribution is 5.81. The molecule has 3 fully saturated rings. The largest absolute Gasteiger partial charge is 0.300 e. The first-order valence-corrected chi connectivity index (χ1v) is 5.21. The summed E-state index contributed by atoms with van der Waals surface area (Å²) in [5, 5.41) is 0. The number of rotatable bonds is 0. The van der Waals surface area contributed by atoms with E-state index in [0.717, 1.165) is 18.8 Å². The molecule has 1 nitrogen and oxygen atoms in total. The second kappa shape index (κ2) is 1.78.